The minimum Gasteiger partial charge on any atom is -0.396 e. The second kappa shape index (κ2) is 8.59. The quantitative estimate of drug-likeness (QED) is 0.696. The number of hydrogen-bond donors (Lipinski definition) is 3. The van der Waals surface area contributed by atoms with Crippen molar-refractivity contribution in [2.75, 3.05) is 19.8 Å². The van der Waals surface area contributed by atoms with Gasteiger partial charge in [0, 0.05) is 37.8 Å². The highest BCUT2D eigenvalue weighted by atomic mass is 16.5. The van der Waals surface area contributed by atoms with Crippen LogP contribution in [0, 0.1) is 11.8 Å². The van der Waals surface area contributed by atoms with Gasteiger partial charge in [0.1, 0.15) is 0 Å². The number of ether oxygens (including phenoxy) is 1. The molecular weight excluding hydrogens is 268 g/mol. The van der Waals surface area contributed by atoms with Crippen molar-refractivity contribution >= 4 is 6.03 Å². The molecule has 2 aliphatic rings. The zero-order chi connectivity index (χ0) is 15.1. The van der Waals surface area contributed by atoms with Gasteiger partial charge in [0.15, 0.2) is 0 Å². The fourth-order valence-electron chi connectivity index (χ4n) is 3.54. The van der Waals surface area contributed by atoms with Crippen LogP contribution in [0.1, 0.15) is 51.9 Å². The van der Waals surface area contributed by atoms with Gasteiger partial charge in [0.2, 0.25) is 0 Å². The maximum absolute atomic E-state index is 12.2. The summed E-state index contributed by atoms with van der Waals surface area (Å²) < 4.78 is 5.36. The highest BCUT2D eigenvalue weighted by Gasteiger charge is 2.26. The smallest absolute Gasteiger partial charge is 0.315 e. The molecule has 0 aromatic heterocycles. The number of aliphatic hydroxyl groups excluding tert-OH is 1. The lowest BCUT2D eigenvalue weighted by atomic mass is 9.93. The molecule has 2 amide bonds. The monoisotopic (exact) mass is 298 g/mol. The molecular formula is C16H30N2O3. The van der Waals surface area contributed by atoms with Gasteiger partial charge in [-0.15, -0.1) is 0 Å². The van der Waals surface area contributed by atoms with E-state index in [2.05, 4.69) is 17.6 Å². The molecule has 21 heavy (non-hydrogen) atoms. The lowest BCUT2D eigenvalue weighted by Gasteiger charge is -2.30. The summed E-state index contributed by atoms with van der Waals surface area (Å²) in [6, 6.07) is 0.200. The lowest BCUT2D eigenvalue weighted by Crippen LogP contribution is -2.50. The van der Waals surface area contributed by atoms with E-state index in [0.717, 1.165) is 51.7 Å². The molecule has 0 aromatic carbocycles. The Hall–Kier alpha value is -0.810. The molecule has 122 valence electrons. The average molecular weight is 298 g/mol. The van der Waals surface area contributed by atoms with Crippen LogP contribution in [0.25, 0.3) is 0 Å². The molecule has 5 nitrogen and oxygen atoms in total. The average Bonchev–Trinajstić information content (AvgIpc) is 2.73. The number of urea groups is 1. The van der Waals surface area contributed by atoms with Crippen molar-refractivity contribution in [1.29, 1.82) is 0 Å². The molecule has 3 N–H and O–H groups in total. The number of carbonyl (C=O) groups is 1. The van der Waals surface area contributed by atoms with Gasteiger partial charge in [-0.3, -0.25) is 0 Å². The third kappa shape index (κ3) is 5.15. The van der Waals surface area contributed by atoms with Crippen molar-refractivity contribution in [1.82, 2.24) is 10.6 Å². The van der Waals surface area contributed by atoms with Crippen LogP contribution in [0.3, 0.4) is 0 Å². The summed E-state index contributed by atoms with van der Waals surface area (Å²) in [4.78, 5) is 12.2. The molecule has 1 saturated carbocycles. The number of hydrogen-bond acceptors (Lipinski definition) is 3. The van der Waals surface area contributed by atoms with E-state index in [1.54, 1.807) is 0 Å². The van der Waals surface area contributed by atoms with Crippen molar-refractivity contribution < 1.29 is 14.6 Å². The zero-order valence-electron chi connectivity index (χ0n) is 13.1. The van der Waals surface area contributed by atoms with Crippen molar-refractivity contribution in [3.8, 4) is 0 Å². The van der Waals surface area contributed by atoms with Gasteiger partial charge < -0.3 is 20.5 Å². The van der Waals surface area contributed by atoms with Crippen LogP contribution >= 0.6 is 0 Å². The Kier molecular flexibility index (Phi) is 6.77. The number of nitrogens with one attached hydrogen (secondary N) is 2. The Morgan fingerprint density at radius 1 is 1.19 bits per heavy atom. The first-order valence-corrected chi connectivity index (χ1v) is 8.46. The largest absolute Gasteiger partial charge is 0.396 e. The standard InChI is InChI=1S/C16H30N2O3/c1-12(13-7-9-21-10-8-13)17-16(20)18-15-6-4-2-3-5-14(15)11-19/h12-15,19H,2-11H2,1H3,(H2,17,18,20). The third-order valence-corrected chi connectivity index (χ3v) is 5.04. The molecule has 2 rings (SSSR count). The van der Waals surface area contributed by atoms with E-state index in [0.29, 0.717) is 5.92 Å². The van der Waals surface area contributed by atoms with E-state index in [4.69, 9.17) is 4.74 Å². The minimum absolute atomic E-state index is 0.0839. The molecule has 0 aromatic rings. The third-order valence-electron chi connectivity index (χ3n) is 5.04. The van der Waals surface area contributed by atoms with Crippen molar-refractivity contribution in [2.24, 2.45) is 11.8 Å². The summed E-state index contributed by atoms with van der Waals surface area (Å²) in [6.45, 7) is 3.84. The second-order valence-corrected chi connectivity index (χ2v) is 6.54. The summed E-state index contributed by atoms with van der Waals surface area (Å²) in [5.41, 5.74) is 0. The van der Waals surface area contributed by atoms with E-state index < -0.39 is 0 Å². The van der Waals surface area contributed by atoms with E-state index in [9.17, 15) is 9.90 Å². The molecule has 2 fully saturated rings. The number of amides is 2. The highest BCUT2D eigenvalue weighted by molar-refractivity contribution is 5.74. The van der Waals surface area contributed by atoms with E-state index in [1.165, 1.54) is 6.42 Å². The highest BCUT2D eigenvalue weighted by Crippen LogP contribution is 2.23. The molecule has 0 radical (unpaired) electrons. The maximum atomic E-state index is 12.2. The van der Waals surface area contributed by atoms with Crippen LogP contribution in [-0.4, -0.2) is 43.0 Å². The van der Waals surface area contributed by atoms with E-state index >= 15 is 0 Å². The predicted molar refractivity (Wildman–Crippen MR) is 82.1 cm³/mol. The number of aliphatic hydroxyl groups is 1. The normalized spacial score (nSPS) is 29.4. The number of rotatable bonds is 4. The molecule has 1 aliphatic heterocycles. The van der Waals surface area contributed by atoms with Crippen LogP contribution in [0.4, 0.5) is 4.79 Å². The molecule has 3 unspecified atom stereocenters. The van der Waals surface area contributed by atoms with Gasteiger partial charge in [0.25, 0.3) is 0 Å². The first-order chi connectivity index (χ1) is 10.2. The van der Waals surface area contributed by atoms with E-state index in [1.807, 2.05) is 0 Å². The lowest BCUT2D eigenvalue weighted by molar-refractivity contribution is 0.0569. The zero-order valence-corrected chi connectivity index (χ0v) is 13.1. The molecule has 0 spiro atoms. The van der Waals surface area contributed by atoms with Crippen LogP contribution in [0.15, 0.2) is 0 Å². The molecule has 1 saturated heterocycles. The van der Waals surface area contributed by atoms with Crippen molar-refractivity contribution in [3.63, 3.8) is 0 Å². The van der Waals surface area contributed by atoms with Crippen molar-refractivity contribution in [2.45, 2.75) is 64.0 Å². The Morgan fingerprint density at radius 3 is 2.62 bits per heavy atom. The van der Waals surface area contributed by atoms with E-state index in [-0.39, 0.29) is 30.6 Å². The summed E-state index contributed by atoms with van der Waals surface area (Å²) in [5, 5.41) is 15.7. The number of carbonyl (C=O) groups excluding carboxylic acids is 1. The summed E-state index contributed by atoms with van der Waals surface area (Å²) >= 11 is 0. The van der Waals surface area contributed by atoms with Crippen LogP contribution in [-0.2, 0) is 4.74 Å². The predicted octanol–water partition coefficient (Wildman–Crippen LogP) is 2.04. The van der Waals surface area contributed by atoms with Crippen LogP contribution in [0.2, 0.25) is 0 Å². The SMILES string of the molecule is CC(NC(=O)NC1CCCCCC1CO)C1CCOCC1. The fraction of sp³-hybridized carbons (Fsp3) is 0.938. The molecule has 1 heterocycles. The fourth-order valence-corrected chi connectivity index (χ4v) is 3.54. The molecule has 5 heteroatoms. The Labute approximate surface area is 127 Å². The topological polar surface area (TPSA) is 70.6 Å². The Morgan fingerprint density at radius 2 is 1.90 bits per heavy atom. The second-order valence-electron chi connectivity index (χ2n) is 6.54. The van der Waals surface area contributed by atoms with Gasteiger partial charge in [0.05, 0.1) is 0 Å². The summed E-state index contributed by atoms with van der Waals surface area (Å²) in [7, 11) is 0. The summed E-state index contributed by atoms with van der Waals surface area (Å²) in [6.07, 6.45) is 7.52. The molecule has 1 aliphatic carbocycles. The Balaban J connectivity index is 1.79. The Bertz CT molecular complexity index is 319. The van der Waals surface area contributed by atoms with Gasteiger partial charge in [-0.05, 0) is 38.5 Å². The minimum atomic E-state index is -0.0839. The first-order valence-electron chi connectivity index (χ1n) is 8.46. The van der Waals surface area contributed by atoms with Crippen molar-refractivity contribution in [3.05, 3.63) is 0 Å². The summed E-state index contributed by atoms with van der Waals surface area (Å²) in [5.74, 6) is 0.712. The molecule has 0 bridgehead atoms. The first kappa shape index (κ1) is 16.6. The van der Waals surface area contributed by atoms with Crippen LogP contribution in [0.5, 0.6) is 0 Å². The van der Waals surface area contributed by atoms with Gasteiger partial charge >= 0.3 is 6.03 Å². The molecule has 3 atom stereocenters. The van der Waals surface area contributed by atoms with Gasteiger partial charge in [-0.1, -0.05) is 19.3 Å². The van der Waals surface area contributed by atoms with Gasteiger partial charge in [-0.2, -0.15) is 0 Å². The maximum Gasteiger partial charge on any atom is 0.315 e. The van der Waals surface area contributed by atoms with Crippen LogP contribution < -0.4 is 10.6 Å². The van der Waals surface area contributed by atoms with Gasteiger partial charge in [-0.25, -0.2) is 4.79 Å².